The first kappa shape index (κ1) is 16.8. The number of ether oxygens (including phenoxy) is 1. The molecule has 128 valence electrons. The van der Waals surface area contributed by atoms with Crippen LogP contribution < -0.4 is 16.0 Å². The van der Waals surface area contributed by atoms with Gasteiger partial charge in [-0.3, -0.25) is 4.79 Å². The molecule has 1 aliphatic rings. The first-order chi connectivity index (χ1) is 11.4. The Hall–Kier alpha value is -2.07. The second-order valence-electron chi connectivity index (χ2n) is 7.27. The van der Waals surface area contributed by atoms with Gasteiger partial charge in [0.1, 0.15) is 11.4 Å². The molecule has 0 radical (unpaired) electrons. The van der Waals surface area contributed by atoms with Crippen LogP contribution in [0.4, 0.5) is 0 Å². The van der Waals surface area contributed by atoms with Crippen LogP contribution >= 0.6 is 0 Å². The van der Waals surface area contributed by atoms with E-state index in [2.05, 4.69) is 26.8 Å². The highest BCUT2D eigenvalue weighted by Crippen LogP contribution is 2.44. The van der Waals surface area contributed by atoms with Crippen LogP contribution in [0, 0.1) is 0 Å². The van der Waals surface area contributed by atoms with Crippen molar-refractivity contribution in [2.45, 2.75) is 45.1 Å². The summed E-state index contributed by atoms with van der Waals surface area (Å²) in [5, 5.41) is 0.990. The van der Waals surface area contributed by atoms with Gasteiger partial charge in [0, 0.05) is 18.4 Å². The van der Waals surface area contributed by atoms with Gasteiger partial charge in [0.25, 0.3) is 5.56 Å². The Morgan fingerprint density at radius 2 is 2.12 bits per heavy atom. The summed E-state index contributed by atoms with van der Waals surface area (Å²) in [6.45, 7) is 6.80. The van der Waals surface area contributed by atoms with Crippen molar-refractivity contribution in [2.75, 3.05) is 6.54 Å². The van der Waals surface area contributed by atoms with Crippen molar-refractivity contribution in [1.82, 2.24) is 4.57 Å². The van der Waals surface area contributed by atoms with Crippen LogP contribution in [0.5, 0.6) is 5.75 Å². The van der Waals surface area contributed by atoms with Gasteiger partial charge in [-0.15, -0.1) is 0 Å². The predicted octanol–water partition coefficient (Wildman–Crippen LogP) is 3.48. The summed E-state index contributed by atoms with van der Waals surface area (Å²) in [7, 11) is 1.83. The Balaban J connectivity index is 2.34. The van der Waals surface area contributed by atoms with Gasteiger partial charge in [-0.1, -0.05) is 23.8 Å². The zero-order valence-electron chi connectivity index (χ0n) is 14.9. The van der Waals surface area contributed by atoms with Crippen LogP contribution in [0.2, 0.25) is 0 Å². The minimum Gasteiger partial charge on any atom is -0.486 e. The van der Waals surface area contributed by atoms with Crippen LogP contribution in [0.1, 0.15) is 45.1 Å². The molecule has 2 heterocycles. The van der Waals surface area contributed by atoms with E-state index >= 15 is 0 Å². The van der Waals surface area contributed by atoms with Gasteiger partial charge in [0.2, 0.25) is 0 Å². The lowest BCUT2D eigenvalue weighted by Crippen LogP contribution is -2.42. The minimum atomic E-state index is -0.354. The smallest absolute Gasteiger partial charge is 0.258 e. The molecule has 1 aliphatic heterocycles. The van der Waals surface area contributed by atoms with E-state index in [1.165, 1.54) is 5.57 Å². The number of aryl methyl sites for hydroxylation is 1. The molecule has 1 aromatic carbocycles. The molecule has 3 rings (SSSR count). The third-order valence-corrected chi connectivity index (χ3v) is 4.87. The van der Waals surface area contributed by atoms with Crippen LogP contribution in [0.3, 0.4) is 0 Å². The highest BCUT2D eigenvalue weighted by Gasteiger charge is 2.38. The SMILES string of the molecule is CC(C)=CC1CC(C)(CCN)Oc2c1c(=O)n(C)c1ccccc21. The third-order valence-electron chi connectivity index (χ3n) is 4.87. The fourth-order valence-corrected chi connectivity index (χ4v) is 3.79. The van der Waals surface area contributed by atoms with Crippen LogP contribution in [-0.2, 0) is 7.05 Å². The maximum Gasteiger partial charge on any atom is 0.258 e. The van der Waals surface area contributed by atoms with Gasteiger partial charge >= 0.3 is 0 Å². The molecule has 4 nitrogen and oxygen atoms in total. The fourth-order valence-electron chi connectivity index (χ4n) is 3.79. The molecule has 1 aromatic heterocycles. The molecule has 24 heavy (non-hydrogen) atoms. The molecule has 0 fully saturated rings. The lowest BCUT2D eigenvalue weighted by molar-refractivity contribution is 0.0541. The first-order valence-electron chi connectivity index (χ1n) is 8.52. The average Bonchev–Trinajstić information content (AvgIpc) is 2.51. The van der Waals surface area contributed by atoms with E-state index in [0.717, 1.165) is 35.1 Å². The number of nitrogens with two attached hydrogens (primary N) is 1. The summed E-state index contributed by atoms with van der Waals surface area (Å²) in [6.07, 6.45) is 3.73. The zero-order chi connectivity index (χ0) is 17.5. The molecule has 0 saturated carbocycles. The number of nitrogens with zero attached hydrogens (tertiary/aromatic N) is 1. The topological polar surface area (TPSA) is 57.2 Å². The largest absolute Gasteiger partial charge is 0.486 e. The molecular formula is C20H26N2O2. The Morgan fingerprint density at radius 3 is 2.79 bits per heavy atom. The lowest BCUT2D eigenvalue weighted by atomic mass is 9.81. The van der Waals surface area contributed by atoms with E-state index in [-0.39, 0.29) is 17.1 Å². The molecule has 0 amide bonds. The van der Waals surface area contributed by atoms with Crippen molar-refractivity contribution < 1.29 is 4.74 Å². The van der Waals surface area contributed by atoms with Gasteiger partial charge < -0.3 is 15.0 Å². The molecule has 0 aliphatic carbocycles. The van der Waals surface area contributed by atoms with Crippen LogP contribution in [0.15, 0.2) is 40.7 Å². The van der Waals surface area contributed by atoms with E-state index in [0.29, 0.717) is 6.54 Å². The Morgan fingerprint density at radius 1 is 1.42 bits per heavy atom. The highest BCUT2D eigenvalue weighted by molar-refractivity contribution is 5.87. The number of hydrogen-bond acceptors (Lipinski definition) is 3. The van der Waals surface area contributed by atoms with Crippen LogP contribution in [0.25, 0.3) is 10.9 Å². The van der Waals surface area contributed by atoms with Gasteiger partial charge in [-0.05, 0) is 52.3 Å². The van der Waals surface area contributed by atoms with Gasteiger partial charge in [-0.25, -0.2) is 0 Å². The van der Waals surface area contributed by atoms with Crippen molar-refractivity contribution in [3.05, 3.63) is 51.8 Å². The number of rotatable bonds is 3. The molecule has 4 heteroatoms. The van der Waals surface area contributed by atoms with E-state index in [1.54, 1.807) is 4.57 Å². The van der Waals surface area contributed by atoms with Crippen molar-refractivity contribution >= 4 is 10.9 Å². The summed E-state index contributed by atoms with van der Waals surface area (Å²) < 4.78 is 8.13. The van der Waals surface area contributed by atoms with Crippen molar-refractivity contribution in [3.63, 3.8) is 0 Å². The standard InChI is InChI=1S/C20H26N2O2/c1-13(2)11-14-12-20(3,9-10-21)24-18-15-7-5-6-8-16(15)22(4)19(23)17(14)18/h5-8,11,14H,9-10,12,21H2,1-4H3. The second kappa shape index (κ2) is 6.10. The van der Waals surface area contributed by atoms with Crippen molar-refractivity contribution in [1.29, 1.82) is 0 Å². The van der Waals surface area contributed by atoms with E-state index < -0.39 is 0 Å². The van der Waals surface area contributed by atoms with Gasteiger partial charge in [-0.2, -0.15) is 0 Å². The van der Waals surface area contributed by atoms with E-state index in [1.807, 2.05) is 31.3 Å². The maximum absolute atomic E-state index is 13.0. The van der Waals surface area contributed by atoms with Crippen molar-refractivity contribution in [2.24, 2.45) is 12.8 Å². The summed E-state index contributed by atoms with van der Waals surface area (Å²) in [4.78, 5) is 13.0. The molecule has 0 saturated heterocycles. The number of benzene rings is 1. The first-order valence-corrected chi connectivity index (χ1v) is 8.52. The molecule has 2 aromatic rings. The molecule has 0 bridgehead atoms. The Kier molecular flexibility index (Phi) is 4.26. The lowest BCUT2D eigenvalue weighted by Gasteiger charge is -2.39. The average molecular weight is 326 g/mol. The van der Waals surface area contributed by atoms with Gasteiger partial charge in [0.05, 0.1) is 11.1 Å². The fraction of sp³-hybridized carbons (Fsp3) is 0.450. The quantitative estimate of drug-likeness (QED) is 0.879. The van der Waals surface area contributed by atoms with Gasteiger partial charge in [0.15, 0.2) is 0 Å². The maximum atomic E-state index is 13.0. The summed E-state index contributed by atoms with van der Waals surface area (Å²) in [5.41, 5.74) is 8.37. The minimum absolute atomic E-state index is 0.0287. The zero-order valence-corrected chi connectivity index (χ0v) is 14.9. The number of fused-ring (bicyclic) bond motifs is 3. The number of para-hydroxylation sites is 1. The summed E-state index contributed by atoms with van der Waals surface area (Å²) in [5.74, 6) is 0.789. The second-order valence-corrected chi connectivity index (χ2v) is 7.27. The van der Waals surface area contributed by atoms with Crippen molar-refractivity contribution in [3.8, 4) is 5.75 Å². The number of allylic oxidation sites excluding steroid dienone is 2. The number of aromatic nitrogens is 1. The third kappa shape index (κ3) is 2.75. The molecular weight excluding hydrogens is 300 g/mol. The molecule has 2 N–H and O–H groups in total. The molecule has 0 spiro atoms. The predicted molar refractivity (Wildman–Crippen MR) is 98.7 cm³/mol. The normalized spacial score (nSPS) is 22.8. The molecule has 2 atom stereocenters. The number of pyridine rings is 1. The summed E-state index contributed by atoms with van der Waals surface area (Å²) >= 11 is 0. The molecule has 2 unspecified atom stereocenters. The Bertz CT molecular complexity index is 862. The highest BCUT2D eigenvalue weighted by atomic mass is 16.5. The monoisotopic (exact) mass is 326 g/mol. The Labute approximate surface area is 142 Å². The van der Waals surface area contributed by atoms with E-state index in [9.17, 15) is 4.79 Å². The summed E-state index contributed by atoms with van der Waals surface area (Å²) in [6, 6.07) is 7.93. The number of hydrogen-bond donors (Lipinski definition) is 1. The van der Waals surface area contributed by atoms with E-state index in [4.69, 9.17) is 10.5 Å². The van der Waals surface area contributed by atoms with Crippen LogP contribution in [-0.4, -0.2) is 16.7 Å².